The molecule has 0 atom stereocenters. The summed E-state index contributed by atoms with van der Waals surface area (Å²) in [6.07, 6.45) is 1.82. The average Bonchev–Trinajstić information content (AvgIpc) is 3.25. The summed E-state index contributed by atoms with van der Waals surface area (Å²) in [4.78, 5) is 9.86. The molecule has 0 unspecified atom stereocenters. The minimum Gasteiger partial charge on any atom is -0.507 e. The van der Waals surface area contributed by atoms with Gasteiger partial charge in [-0.25, -0.2) is 4.98 Å². The Morgan fingerprint density at radius 3 is 2.22 bits per heavy atom. The Labute approximate surface area is 242 Å². The first-order valence-corrected chi connectivity index (χ1v) is 14.2. The molecule has 0 aliphatic rings. The van der Waals surface area contributed by atoms with Gasteiger partial charge in [0.2, 0.25) is 0 Å². The number of hydrogen-bond acceptors (Lipinski definition) is 3. The number of fused-ring (bicyclic) bond motifs is 3. The molecule has 206 valence electrons. The van der Waals surface area contributed by atoms with Crippen LogP contribution in [0.15, 0.2) is 91.1 Å². The highest BCUT2D eigenvalue weighted by atomic mass is 16.3. The molecule has 0 spiro atoms. The van der Waals surface area contributed by atoms with Crippen LogP contribution in [0.4, 0.5) is 0 Å². The lowest BCUT2D eigenvalue weighted by atomic mass is 9.78. The summed E-state index contributed by atoms with van der Waals surface area (Å²) in [5.41, 5.74) is 9.48. The highest BCUT2D eigenvalue weighted by molar-refractivity contribution is 6.08. The van der Waals surface area contributed by atoms with E-state index in [1.807, 2.05) is 30.5 Å². The molecule has 0 radical (unpaired) electrons. The molecule has 0 fully saturated rings. The van der Waals surface area contributed by atoms with Gasteiger partial charge >= 0.3 is 0 Å². The third-order valence-electron chi connectivity index (χ3n) is 7.89. The molecule has 3 heterocycles. The Kier molecular flexibility index (Phi) is 6.26. The second kappa shape index (κ2) is 9.59. The normalized spacial score (nSPS) is 12.4. The zero-order valence-corrected chi connectivity index (χ0v) is 24.9. The first-order valence-electron chi connectivity index (χ1n) is 14.2. The Morgan fingerprint density at radius 2 is 1.51 bits per heavy atom. The first-order chi connectivity index (χ1) is 19.4. The van der Waals surface area contributed by atoms with Gasteiger partial charge < -0.3 is 5.11 Å². The minimum absolute atomic E-state index is 0.0785. The summed E-state index contributed by atoms with van der Waals surface area (Å²) in [6, 6.07) is 29.4. The Bertz CT molecular complexity index is 1920. The van der Waals surface area contributed by atoms with E-state index in [1.165, 1.54) is 11.1 Å². The van der Waals surface area contributed by atoms with E-state index in [9.17, 15) is 5.11 Å². The van der Waals surface area contributed by atoms with E-state index in [-0.39, 0.29) is 10.8 Å². The quantitative estimate of drug-likeness (QED) is 0.244. The van der Waals surface area contributed by atoms with Crippen LogP contribution in [-0.2, 0) is 10.8 Å². The molecule has 0 saturated carbocycles. The molecule has 41 heavy (non-hydrogen) atoms. The molecular weight excluding hydrogens is 502 g/mol. The lowest BCUT2D eigenvalue weighted by molar-refractivity contribution is 0.446. The van der Waals surface area contributed by atoms with E-state index < -0.39 is 0 Å². The Hall–Kier alpha value is -4.44. The SMILES string of the molecule is Cc1ccc2c(c1)c1ccc(-c3cc(C(C)(C)C)cc(C(C)(C)C)c3O)nc1n2-c1cccc(-c2ccccn2)c1. The number of aryl methyl sites for hydroxylation is 1. The molecule has 4 heteroatoms. The van der Waals surface area contributed by atoms with Gasteiger partial charge in [-0.05, 0) is 77.9 Å². The monoisotopic (exact) mass is 539 g/mol. The van der Waals surface area contributed by atoms with Crippen molar-refractivity contribution in [3.05, 3.63) is 108 Å². The third-order valence-corrected chi connectivity index (χ3v) is 7.89. The van der Waals surface area contributed by atoms with Crippen LogP contribution in [-0.4, -0.2) is 19.6 Å². The molecule has 0 saturated heterocycles. The zero-order valence-electron chi connectivity index (χ0n) is 24.9. The van der Waals surface area contributed by atoms with Crippen LogP contribution in [0, 0.1) is 6.92 Å². The number of nitrogens with zero attached hydrogens (tertiary/aromatic N) is 3. The average molecular weight is 540 g/mol. The van der Waals surface area contributed by atoms with Crippen molar-refractivity contribution in [2.24, 2.45) is 0 Å². The molecule has 0 aliphatic heterocycles. The smallest absolute Gasteiger partial charge is 0.146 e. The van der Waals surface area contributed by atoms with E-state index in [1.54, 1.807) is 0 Å². The number of benzene rings is 3. The van der Waals surface area contributed by atoms with E-state index in [0.29, 0.717) is 5.75 Å². The van der Waals surface area contributed by atoms with Crippen LogP contribution in [0.25, 0.3) is 50.1 Å². The molecule has 3 aromatic carbocycles. The maximum Gasteiger partial charge on any atom is 0.146 e. The lowest BCUT2D eigenvalue weighted by Crippen LogP contribution is -2.17. The van der Waals surface area contributed by atoms with Crippen molar-refractivity contribution in [1.29, 1.82) is 0 Å². The Balaban J connectivity index is 1.64. The van der Waals surface area contributed by atoms with Gasteiger partial charge in [0, 0.05) is 39.3 Å². The molecule has 1 N–H and O–H groups in total. The number of aromatic hydroxyl groups is 1. The number of aromatic nitrogens is 3. The molecule has 0 amide bonds. The maximum absolute atomic E-state index is 11.6. The van der Waals surface area contributed by atoms with Crippen LogP contribution >= 0.6 is 0 Å². The number of phenols is 1. The summed E-state index contributed by atoms with van der Waals surface area (Å²) in [5, 5.41) is 13.9. The van der Waals surface area contributed by atoms with Crippen molar-refractivity contribution in [2.45, 2.75) is 59.3 Å². The van der Waals surface area contributed by atoms with Gasteiger partial charge in [-0.2, -0.15) is 0 Å². The van der Waals surface area contributed by atoms with Crippen LogP contribution in [0.5, 0.6) is 5.75 Å². The van der Waals surface area contributed by atoms with Crippen LogP contribution in [0.2, 0.25) is 0 Å². The minimum atomic E-state index is -0.220. The second-order valence-corrected chi connectivity index (χ2v) is 13.1. The number of hydrogen-bond donors (Lipinski definition) is 1. The molecule has 0 aliphatic carbocycles. The molecule has 4 nitrogen and oxygen atoms in total. The lowest BCUT2D eigenvalue weighted by Gasteiger charge is -2.27. The van der Waals surface area contributed by atoms with E-state index >= 15 is 0 Å². The van der Waals surface area contributed by atoms with Crippen molar-refractivity contribution < 1.29 is 5.11 Å². The predicted molar refractivity (Wildman–Crippen MR) is 171 cm³/mol. The van der Waals surface area contributed by atoms with Crippen molar-refractivity contribution in [3.8, 4) is 34.0 Å². The predicted octanol–water partition coefficient (Wildman–Crippen LogP) is 9.52. The van der Waals surface area contributed by atoms with E-state index in [4.69, 9.17) is 4.98 Å². The molecule has 6 aromatic rings. The number of pyridine rings is 2. The molecule has 6 rings (SSSR count). The topological polar surface area (TPSA) is 50.9 Å². The maximum atomic E-state index is 11.6. The van der Waals surface area contributed by atoms with E-state index in [2.05, 4.69) is 119 Å². The first kappa shape index (κ1) is 26.8. The van der Waals surface area contributed by atoms with E-state index in [0.717, 1.165) is 55.7 Å². The zero-order chi connectivity index (χ0) is 29.1. The second-order valence-electron chi connectivity index (χ2n) is 13.1. The highest BCUT2D eigenvalue weighted by Gasteiger charge is 2.26. The number of rotatable bonds is 3. The standard InChI is InChI=1S/C37H37N3O/c1-23-14-17-33-28(19-23)27-15-16-32(29-21-25(36(2,3)4)22-30(34(29)41)37(5,6)7)39-35(27)40(33)26-12-10-11-24(20-26)31-13-8-9-18-38-31/h8-22,41H,1-7H3. The van der Waals surface area contributed by atoms with Crippen LogP contribution in [0.3, 0.4) is 0 Å². The van der Waals surface area contributed by atoms with Gasteiger partial charge in [-0.1, -0.05) is 77.4 Å². The van der Waals surface area contributed by atoms with Crippen LogP contribution < -0.4 is 0 Å². The molecule has 0 bridgehead atoms. The van der Waals surface area contributed by atoms with Crippen molar-refractivity contribution in [2.75, 3.05) is 0 Å². The summed E-state index contributed by atoms with van der Waals surface area (Å²) >= 11 is 0. The number of phenolic OH excluding ortho intramolecular Hbond substituents is 1. The van der Waals surface area contributed by atoms with Gasteiger partial charge in [-0.3, -0.25) is 9.55 Å². The van der Waals surface area contributed by atoms with Crippen molar-refractivity contribution in [1.82, 2.24) is 14.5 Å². The van der Waals surface area contributed by atoms with Gasteiger partial charge in [0.25, 0.3) is 0 Å². The van der Waals surface area contributed by atoms with Gasteiger partial charge in [0.05, 0.1) is 16.9 Å². The molecular formula is C37H37N3O. The van der Waals surface area contributed by atoms with Gasteiger partial charge in [0.1, 0.15) is 11.4 Å². The van der Waals surface area contributed by atoms with Crippen molar-refractivity contribution >= 4 is 21.9 Å². The van der Waals surface area contributed by atoms with Crippen molar-refractivity contribution in [3.63, 3.8) is 0 Å². The van der Waals surface area contributed by atoms with Gasteiger partial charge in [-0.15, -0.1) is 0 Å². The fourth-order valence-electron chi connectivity index (χ4n) is 5.59. The fraction of sp³-hybridized carbons (Fsp3) is 0.243. The largest absolute Gasteiger partial charge is 0.507 e. The highest BCUT2D eigenvalue weighted by Crippen LogP contribution is 2.42. The third kappa shape index (κ3) is 4.78. The Morgan fingerprint density at radius 1 is 0.707 bits per heavy atom. The molecule has 3 aromatic heterocycles. The summed E-state index contributed by atoms with van der Waals surface area (Å²) < 4.78 is 2.23. The van der Waals surface area contributed by atoms with Gasteiger partial charge in [0.15, 0.2) is 0 Å². The summed E-state index contributed by atoms with van der Waals surface area (Å²) in [7, 11) is 0. The summed E-state index contributed by atoms with van der Waals surface area (Å²) in [5.74, 6) is 0.299. The van der Waals surface area contributed by atoms with Crippen LogP contribution in [0.1, 0.15) is 58.2 Å². The fourth-order valence-corrected chi connectivity index (χ4v) is 5.59. The summed E-state index contributed by atoms with van der Waals surface area (Å²) in [6.45, 7) is 15.2.